The van der Waals surface area contributed by atoms with E-state index in [2.05, 4.69) is 32.7 Å². The van der Waals surface area contributed by atoms with E-state index in [1.165, 1.54) is 0 Å². The van der Waals surface area contributed by atoms with Gasteiger partial charge in [0, 0.05) is 49.9 Å². The highest BCUT2D eigenvalue weighted by molar-refractivity contribution is 6.05. The van der Waals surface area contributed by atoms with Gasteiger partial charge in [-0.3, -0.25) is 14.3 Å². The molecule has 2 amide bonds. The van der Waals surface area contributed by atoms with Crippen molar-refractivity contribution in [2.75, 3.05) is 51.0 Å². The van der Waals surface area contributed by atoms with Crippen molar-refractivity contribution in [3.05, 3.63) is 42.2 Å². The van der Waals surface area contributed by atoms with Crippen LogP contribution in [-0.2, 0) is 11.3 Å². The lowest BCUT2D eigenvalue weighted by molar-refractivity contribution is -0.133. The zero-order chi connectivity index (χ0) is 23.7. The third kappa shape index (κ3) is 4.96. The molecule has 1 saturated carbocycles. The molecule has 1 aliphatic carbocycles. The lowest BCUT2D eigenvalue weighted by Crippen LogP contribution is -2.48. The van der Waals surface area contributed by atoms with Gasteiger partial charge >= 0.3 is 0 Å². The molecule has 1 aliphatic heterocycles. The summed E-state index contributed by atoms with van der Waals surface area (Å²) in [5.41, 5.74) is 1.53. The highest BCUT2D eigenvalue weighted by atomic mass is 16.5. The number of carbonyl (C=O) groups is 2. The van der Waals surface area contributed by atoms with Crippen molar-refractivity contribution < 1.29 is 14.3 Å². The fraction of sp³-hybridized carbons (Fsp3) is 0.417. The zero-order valence-corrected chi connectivity index (χ0v) is 19.5. The number of nitrogens with one attached hydrogen (secondary N) is 2. The van der Waals surface area contributed by atoms with Crippen LogP contribution in [0.4, 0.5) is 11.5 Å². The number of anilines is 2. The molecule has 2 N–H and O–H groups in total. The number of ether oxygens (including phenoxy) is 1. The monoisotopic (exact) mass is 463 g/mol. The Labute approximate surface area is 197 Å². The van der Waals surface area contributed by atoms with E-state index in [4.69, 9.17) is 4.74 Å². The van der Waals surface area contributed by atoms with Crippen molar-refractivity contribution >= 4 is 34.2 Å². The Morgan fingerprint density at radius 2 is 1.94 bits per heavy atom. The molecule has 0 atom stereocenters. The molecule has 3 heterocycles. The van der Waals surface area contributed by atoms with Crippen LogP contribution >= 0.6 is 0 Å². The molecule has 3 aromatic rings. The fourth-order valence-electron chi connectivity index (χ4n) is 4.01. The fourth-order valence-corrected chi connectivity index (χ4v) is 4.01. The van der Waals surface area contributed by atoms with E-state index in [0.29, 0.717) is 34.5 Å². The Kier molecular flexibility index (Phi) is 6.06. The van der Waals surface area contributed by atoms with Crippen LogP contribution in [0.2, 0.25) is 0 Å². The Hall–Kier alpha value is -3.66. The third-order valence-corrected chi connectivity index (χ3v) is 6.19. The summed E-state index contributed by atoms with van der Waals surface area (Å²) in [6.07, 6.45) is 4.07. The van der Waals surface area contributed by atoms with Crippen LogP contribution in [0.25, 0.3) is 10.9 Å². The second-order valence-electron chi connectivity index (χ2n) is 8.90. The number of aromatic nitrogens is 3. The van der Waals surface area contributed by atoms with E-state index in [-0.39, 0.29) is 18.4 Å². The van der Waals surface area contributed by atoms with Gasteiger partial charge < -0.3 is 25.2 Å². The van der Waals surface area contributed by atoms with E-state index in [1.807, 2.05) is 29.3 Å². The summed E-state index contributed by atoms with van der Waals surface area (Å²) in [6, 6.07) is 9.38. The largest absolute Gasteiger partial charge is 0.494 e. The van der Waals surface area contributed by atoms with Crippen LogP contribution in [0, 0.1) is 0 Å². The first kappa shape index (κ1) is 22.1. The molecule has 10 heteroatoms. The smallest absolute Gasteiger partial charge is 0.274 e. The van der Waals surface area contributed by atoms with Crippen molar-refractivity contribution in [3.8, 4) is 5.75 Å². The molecule has 0 bridgehead atoms. The topological polar surface area (TPSA) is 105 Å². The molecule has 1 aromatic carbocycles. The maximum absolute atomic E-state index is 12.9. The maximum Gasteiger partial charge on any atom is 0.274 e. The number of carbonyl (C=O) groups excluding carboxylic acids is 2. The number of amides is 2. The van der Waals surface area contributed by atoms with Crippen LogP contribution in [0.1, 0.15) is 23.3 Å². The number of benzene rings is 1. The average Bonchev–Trinajstić information content (AvgIpc) is 3.56. The minimum atomic E-state index is -0.324. The second kappa shape index (κ2) is 9.30. The number of rotatable bonds is 7. The molecule has 5 rings (SSSR count). The van der Waals surface area contributed by atoms with Gasteiger partial charge in [-0.25, -0.2) is 4.98 Å². The summed E-state index contributed by atoms with van der Waals surface area (Å²) in [4.78, 5) is 34.1. The third-order valence-electron chi connectivity index (χ3n) is 6.19. The van der Waals surface area contributed by atoms with E-state index in [1.54, 1.807) is 23.9 Å². The number of nitrogens with zero attached hydrogens (tertiary/aromatic N) is 5. The lowest BCUT2D eigenvalue weighted by atomic mass is 10.2. The molecule has 0 radical (unpaired) electrons. The maximum atomic E-state index is 12.9. The minimum absolute atomic E-state index is 0.0483. The molecule has 34 heavy (non-hydrogen) atoms. The van der Waals surface area contributed by atoms with Crippen molar-refractivity contribution in [2.24, 2.45) is 0 Å². The lowest BCUT2D eigenvalue weighted by Gasteiger charge is -2.32. The molecular formula is C24H29N7O3. The summed E-state index contributed by atoms with van der Waals surface area (Å²) in [5, 5.41) is 11.6. The molecular weight excluding hydrogens is 434 g/mol. The number of hydrogen-bond donors (Lipinski definition) is 2. The molecule has 1 saturated heterocycles. The predicted molar refractivity (Wildman–Crippen MR) is 129 cm³/mol. The normalized spacial score (nSPS) is 16.5. The van der Waals surface area contributed by atoms with Gasteiger partial charge in [0.05, 0.1) is 18.3 Å². The number of methoxy groups -OCH3 is 1. The standard InChI is InChI=1S/C24H29N7O3/c1-29-8-10-30(11-9-29)23(32)15-31-14-16-12-20(21(34-2)13-19(16)28-31)27-24(33)18-4-3-5-22(26-18)25-17-6-7-17/h3-5,12-14,17H,6-11,15H2,1-2H3,(H,25,26)(H,27,33). The number of piperazine rings is 1. The molecule has 10 nitrogen and oxygen atoms in total. The van der Waals surface area contributed by atoms with Gasteiger partial charge in [0.2, 0.25) is 5.91 Å². The average molecular weight is 464 g/mol. The molecule has 2 aromatic heterocycles. The molecule has 2 fully saturated rings. The number of fused-ring (bicyclic) bond motifs is 1. The van der Waals surface area contributed by atoms with E-state index in [0.717, 1.165) is 44.4 Å². The first-order chi connectivity index (χ1) is 16.5. The van der Waals surface area contributed by atoms with Crippen molar-refractivity contribution in [1.29, 1.82) is 0 Å². The summed E-state index contributed by atoms with van der Waals surface area (Å²) >= 11 is 0. The molecule has 2 aliphatic rings. The minimum Gasteiger partial charge on any atom is -0.494 e. The van der Waals surface area contributed by atoms with Gasteiger partial charge in [0.15, 0.2) is 0 Å². The summed E-state index contributed by atoms with van der Waals surface area (Å²) < 4.78 is 7.14. The van der Waals surface area contributed by atoms with Gasteiger partial charge in [-0.15, -0.1) is 0 Å². The summed E-state index contributed by atoms with van der Waals surface area (Å²) in [5.74, 6) is 0.912. The zero-order valence-electron chi connectivity index (χ0n) is 19.5. The van der Waals surface area contributed by atoms with Crippen LogP contribution in [0.3, 0.4) is 0 Å². The van der Waals surface area contributed by atoms with Gasteiger partial charge in [0.1, 0.15) is 23.8 Å². The first-order valence-corrected chi connectivity index (χ1v) is 11.5. The van der Waals surface area contributed by atoms with Crippen molar-refractivity contribution in [2.45, 2.75) is 25.4 Å². The van der Waals surface area contributed by atoms with Gasteiger partial charge in [-0.2, -0.15) is 5.10 Å². The predicted octanol–water partition coefficient (Wildman–Crippen LogP) is 2.04. The van der Waals surface area contributed by atoms with Crippen molar-refractivity contribution in [1.82, 2.24) is 24.6 Å². The van der Waals surface area contributed by atoms with Crippen LogP contribution in [-0.4, -0.2) is 82.8 Å². The van der Waals surface area contributed by atoms with Gasteiger partial charge in [0.25, 0.3) is 5.91 Å². The Bertz CT molecular complexity index is 1210. The number of hydrogen-bond acceptors (Lipinski definition) is 7. The first-order valence-electron chi connectivity index (χ1n) is 11.5. The van der Waals surface area contributed by atoms with Crippen LogP contribution in [0.5, 0.6) is 5.75 Å². The van der Waals surface area contributed by atoms with Crippen LogP contribution in [0.15, 0.2) is 36.5 Å². The highest BCUT2D eigenvalue weighted by Gasteiger charge is 2.22. The van der Waals surface area contributed by atoms with Crippen molar-refractivity contribution in [3.63, 3.8) is 0 Å². The second-order valence-corrected chi connectivity index (χ2v) is 8.90. The van der Waals surface area contributed by atoms with E-state index in [9.17, 15) is 9.59 Å². The quantitative estimate of drug-likeness (QED) is 0.553. The number of likely N-dealkylation sites (N-methyl/N-ethyl adjacent to an activating group) is 1. The summed E-state index contributed by atoms with van der Waals surface area (Å²) in [6.45, 7) is 3.38. The molecule has 0 unspecified atom stereocenters. The van der Waals surface area contributed by atoms with Crippen LogP contribution < -0.4 is 15.4 Å². The highest BCUT2D eigenvalue weighted by Crippen LogP contribution is 2.30. The van der Waals surface area contributed by atoms with E-state index < -0.39 is 0 Å². The Morgan fingerprint density at radius 1 is 1.15 bits per heavy atom. The Balaban J connectivity index is 1.31. The molecule has 178 valence electrons. The van der Waals surface area contributed by atoms with E-state index >= 15 is 0 Å². The van der Waals surface area contributed by atoms with Gasteiger partial charge in [-0.1, -0.05) is 6.07 Å². The van der Waals surface area contributed by atoms with Gasteiger partial charge in [-0.05, 0) is 38.1 Å². The molecule has 0 spiro atoms. The Morgan fingerprint density at radius 3 is 2.68 bits per heavy atom. The number of pyridine rings is 1. The SMILES string of the molecule is COc1cc2nn(CC(=O)N3CCN(C)CC3)cc2cc1NC(=O)c1cccc(NC2CC2)n1. The summed E-state index contributed by atoms with van der Waals surface area (Å²) in [7, 11) is 3.60.